The molecule has 3 atom stereocenters. The lowest BCUT2D eigenvalue weighted by Gasteiger charge is -2.28. The number of nitrogens with one attached hydrogen (secondary N) is 1. The highest BCUT2D eigenvalue weighted by atomic mass is 16.6. The second-order valence-electron chi connectivity index (χ2n) is 10.7. The van der Waals surface area contributed by atoms with Crippen LogP contribution in [0.15, 0.2) is 24.3 Å². The molecule has 3 heterocycles. The van der Waals surface area contributed by atoms with Gasteiger partial charge in [-0.15, -0.1) is 0 Å². The van der Waals surface area contributed by atoms with Crippen LogP contribution in [0.5, 0.6) is 0 Å². The number of carbonyl (C=O) groups is 4. The fourth-order valence-electron chi connectivity index (χ4n) is 5.06. The zero-order chi connectivity index (χ0) is 27.4. The standard InChI is InChI=1S/C27H36N4O7/c1-27(2)10-5-4-7-17-8-6-9-18-13-30(15-20(17)18)26(35)38-19-11-22(24(33)36-3)31(14-19)23(32)21(12-28)29-25(34)37-16-27/h4,6-9,19,21-22H,5,10-16,28H2,1-3H3,(H,29,34)/b7-4+/t19-,21+,22+/m1/s1. The SMILES string of the molecule is COC(=O)[C@@H]1C[C@@H]2CN1C(=O)[C@H](CN)NC(=O)OCC(C)(C)CC/C=C/c1cccc3c1CN(C3)C(=O)O2. The van der Waals surface area contributed by atoms with Gasteiger partial charge in [-0.25, -0.2) is 14.4 Å². The van der Waals surface area contributed by atoms with E-state index in [-0.39, 0.29) is 31.5 Å². The zero-order valence-corrected chi connectivity index (χ0v) is 22.1. The molecule has 1 fully saturated rings. The molecule has 0 spiro atoms. The Labute approximate surface area is 222 Å². The number of carbonyl (C=O) groups excluding carboxylic acids is 4. The summed E-state index contributed by atoms with van der Waals surface area (Å²) in [5.74, 6) is -1.21. The quantitative estimate of drug-likeness (QED) is 0.440. The summed E-state index contributed by atoms with van der Waals surface area (Å²) < 4.78 is 16.1. The number of hydrogen-bond acceptors (Lipinski definition) is 8. The first-order valence-corrected chi connectivity index (χ1v) is 12.9. The van der Waals surface area contributed by atoms with E-state index in [0.29, 0.717) is 13.1 Å². The van der Waals surface area contributed by atoms with Crippen molar-refractivity contribution in [2.24, 2.45) is 11.1 Å². The van der Waals surface area contributed by atoms with Gasteiger partial charge in [-0.05, 0) is 34.9 Å². The highest BCUT2D eigenvalue weighted by molar-refractivity contribution is 5.90. The number of ether oxygens (including phenoxy) is 3. The first-order chi connectivity index (χ1) is 18.1. The van der Waals surface area contributed by atoms with Gasteiger partial charge in [-0.2, -0.15) is 0 Å². The Balaban J connectivity index is 1.60. The number of alkyl carbamates (subject to hydrolysis) is 1. The van der Waals surface area contributed by atoms with E-state index >= 15 is 0 Å². The maximum Gasteiger partial charge on any atom is 0.410 e. The van der Waals surface area contributed by atoms with Gasteiger partial charge >= 0.3 is 18.2 Å². The maximum absolute atomic E-state index is 13.3. The van der Waals surface area contributed by atoms with Crippen molar-refractivity contribution in [2.45, 2.75) is 64.4 Å². The molecule has 3 N–H and O–H groups in total. The number of amides is 3. The molecule has 0 unspecified atom stereocenters. The highest BCUT2D eigenvalue weighted by Crippen LogP contribution is 2.30. The van der Waals surface area contributed by atoms with E-state index in [4.69, 9.17) is 19.9 Å². The monoisotopic (exact) mass is 528 g/mol. The van der Waals surface area contributed by atoms with Crippen molar-refractivity contribution in [1.82, 2.24) is 15.1 Å². The molecule has 11 nitrogen and oxygen atoms in total. The summed E-state index contributed by atoms with van der Waals surface area (Å²) in [6.07, 6.45) is 3.73. The number of nitrogens with zero attached hydrogens (tertiary/aromatic N) is 2. The molecule has 4 bridgehead atoms. The van der Waals surface area contributed by atoms with Gasteiger partial charge in [-0.1, -0.05) is 44.2 Å². The normalized spacial score (nSPS) is 26.7. The van der Waals surface area contributed by atoms with E-state index < -0.39 is 42.3 Å². The van der Waals surface area contributed by atoms with Gasteiger partial charge in [0.25, 0.3) is 0 Å². The maximum atomic E-state index is 13.3. The van der Waals surface area contributed by atoms with Crippen molar-refractivity contribution < 1.29 is 33.4 Å². The average Bonchev–Trinajstić information content (AvgIpc) is 3.52. The molecule has 0 saturated carbocycles. The predicted molar refractivity (Wildman–Crippen MR) is 137 cm³/mol. The third kappa shape index (κ3) is 6.09. The number of rotatable bonds is 2. The molecular formula is C27H36N4O7. The Morgan fingerprint density at radius 2 is 2.03 bits per heavy atom. The fourth-order valence-corrected chi connectivity index (χ4v) is 5.06. The minimum Gasteiger partial charge on any atom is -0.467 e. The Hall–Kier alpha value is -3.60. The number of benzene rings is 1. The molecule has 3 aliphatic heterocycles. The first-order valence-electron chi connectivity index (χ1n) is 12.9. The highest BCUT2D eigenvalue weighted by Gasteiger charge is 2.44. The summed E-state index contributed by atoms with van der Waals surface area (Å²) >= 11 is 0. The molecule has 1 aromatic carbocycles. The van der Waals surface area contributed by atoms with Gasteiger partial charge < -0.3 is 30.2 Å². The minimum absolute atomic E-state index is 0.0284. The fraction of sp³-hybridized carbons (Fsp3) is 0.556. The molecule has 0 radical (unpaired) electrons. The third-order valence-electron chi connectivity index (χ3n) is 7.27. The van der Waals surface area contributed by atoms with Crippen molar-refractivity contribution >= 4 is 30.1 Å². The smallest absolute Gasteiger partial charge is 0.410 e. The Bertz CT molecular complexity index is 1120. The van der Waals surface area contributed by atoms with E-state index in [1.807, 2.05) is 32.0 Å². The van der Waals surface area contributed by atoms with Gasteiger partial charge in [0.2, 0.25) is 5.91 Å². The van der Waals surface area contributed by atoms with E-state index in [0.717, 1.165) is 29.5 Å². The molecule has 0 aromatic heterocycles. The summed E-state index contributed by atoms with van der Waals surface area (Å²) in [5, 5.41) is 2.51. The molecule has 11 heteroatoms. The molecule has 206 valence electrons. The molecule has 1 saturated heterocycles. The molecule has 0 aliphatic carbocycles. The molecular weight excluding hydrogens is 492 g/mol. The van der Waals surface area contributed by atoms with E-state index in [1.54, 1.807) is 4.90 Å². The van der Waals surface area contributed by atoms with Crippen LogP contribution in [-0.4, -0.2) is 78.9 Å². The van der Waals surface area contributed by atoms with Crippen LogP contribution in [0.4, 0.5) is 9.59 Å². The van der Waals surface area contributed by atoms with Crippen molar-refractivity contribution in [3.8, 4) is 0 Å². The van der Waals surface area contributed by atoms with Crippen LogP contribution in [0.25, 0.3) is 6.08 Å². The third-order valence-corrected chi connectivity index (χ3v) is 7.27. The number of cyclic esters (lactones) is 1. The van der Waals surface area contributed by atoms with E-state index in [1.165, 1.54) is 12.0 Å². The van der Waals surface area contributed by atoms with Crippen LogP contribution in [-0.2, 0) is 36.9 Å². The molecule has 3 aliphatic rings. The van der Waals surface area contributed by atoms with E-state index in [9.17, 15) is 19.2 Å². The van der Waals surface area contributed by atoms with Crippen molar-refractivity contribution in [3.05, 3.63) is 41.0 Å². The van der Waals surface area contributed by atoms with Gasteiger partial charge in [0.1, 0.15) is 18.2 Å². The number of esters is 1. The van der Waals surface area contributed by atoms with Crippen LogP contribution < -0.4 is 11.1 Å². The molecule has 4 rings (SSSR count). The van der Waals surface area contributed by atoms with Crippen molar-refractivity contribution in [1.29, 1.82) is 0 Å². The van der Waals surface area contributed by atoms with Crippen LogP contribution in [0.3, 0.4) is 0 Å². The predicted octanol–water partition coefficient (Wildman–Crippen LogP) is 2.17. The number of methoxy groups -OCH3 is 1. The van der Waals surface area contributed by atoms with Crippen LogP contribution in [0.1, 0.15) is 49.8 Å². The topological polar surface area (TPSA) is 140 Å². The van der Waals surface area contributed by atoms with Gasteiger partial charge in [0, 0.05) is 19.5 Å². The lowest BCUT2D eigenvalue weighted by atomic mass is 9.88. The lowest BCUT2D eigenvalue weighted by Crippen LogP contribution is -2.55. The Morgan fingerprint density at radius 1 is 1.24 bits per heavy atom. The summed E-state index contributed by atoms with van der Waals surface area (Å²) in [7, 11) is 1.22. The second kappa shape index (κ2) is 11.4. The number of allylic oxidation sites excluding steroid dienone is 1. The second-order valence-corrected chi connectivity index (χ2v) is 10.7. The van der Waals surface area contributed by atoms with Crippen LogP contribution in [0, 0.1) is 5.41 Å². The van der Waals surface area contributed by atoms with E-state index in [2.05, 4.69) is 17.5 Å². The zero-order valence-electron chi connectivity index (χ0n) is 22.1. The van der Waals surface area contributed by atoms with Gasteiger partial charge in [0.05, 0.1) is 26.8 Å². The minimum atomic E-state index is -1.12. The number of hydrogen-bond donors (Lipinski definition) is 2. The Kier molecular flexibility index (Phi) is 8.25. The van der Waals surface area contributed by atoms with Crippen LogP contribution in [0.2, 0.25) is 0 Å². The molecule has 1 aromatic rings. The largest absolute Gasteiger partial charge is 0.467 e. The summed E-state index contributed by atoms with van der Waals surface area (Å²) in [5.41, 5.74) is 8.65. The summed E-state index contributed by atoms with van der Waals surface area (Å²) in [6.45, 7) is 4.74. The lowest BCUT2D eigenvalue weighted by molar-refractivity contribution is -0.151. The summed E-state index contributed by atoms with van der Waals surface area (Å²) in [4.78, 5) is 54.3. The number of nitrogens with two attached hydrogens (primary N) is 1. The first kappa shape index (κ1) is 27.4. The van der Waals surface area contributed by atoms with Crippen LogP contribution >= 0.6 is 0 Å². The molecule has 38 heavy (non-hydrogen) atoms. The average molecular weight is 529 g/mol. The Morgan fingerprint density at radius 3 is 2.76 bits per heavy atom. The van der Waals surface area contributed by atoms with Crippen molar-refractivity contribution in [3.63, 3.8) is 0 Å². The number of fused-ring (bicyclic) bond motifs is 3. The van der Waals surface area contributed by atoms with Gasteiger partial charge in [-0.3, -0.25) is 9.69 Å². The summed E-state index contributed by atoms with van der Waals surface area (Å²) in [6, 6.07) is 3.89. The van der Waals surface area contributed by atoms with Gasteiger partial charge in [0.15, 0.2) is 0 Å². The van der Waals surface area contributed by atoms with Crippen molar-refractivity contribution in [2.75, 3.05) is 26.8 Å². The molecule has 3 amide bonds.